The quantitative estimate of drug-likeness (QED) is 0.690. The van der Waals surface area contributed by atoms with Gasteiger partial charge in [0.25, 0.3) is 11.6 Å². The highest BCUT2D eigenvalue weighted by molar-refractivity contribution is 6.08. The summed E-state index contributed by atoms with van der Waals surface area (Å²) >= 11 is 0. The van der Waals surface area contributed by atoms with Gasteiger partial charge in [-0.3, -0.25) is 14.9 Å². The van der Waals surface area contributed by atoms with Crippen molar-refractivity contribution < 1.29 is 9.72 Å². The molecule has 24 heavy (non-hydrogen) atoms. The first kappa shape index (κ1) is 16.0. The van der Waals surface area contributed by atoms with E-state index in [0.29, 0.717) is 5.69 Å². The van der Waals surface area contributed by atoms with E-state index in [1.165, 1.54) is 23.3 Å². The minimum Gasteiger partial charge on any atom is -0.377 e. The van der Waals surface area contributed by atoms with E-state index >= 15 is 0 Å². The van der Waals surface area contributed by atoms with Crippen molar-refractivity contribution in [1.29, 1.82) is 0 Å². The lowest BCUT2D eigenvalue weighted by Gasteiger charge is -2.17. The second-order valence-corrected chi connectivity index (χ2v) is 6.14. The normalized spacial score (nSPS) is 12.6. The van der Waals surface area contributed by atoms with Crippen LogP contribution >= 0.6 is 0 Å². The van der Waals surface area contributed by atoms with Gasteiger partial charge in [0.1, 0.15) is 0 Å². The van der Waals surface area contributed by atoms with Crippen LogP contribution in [0, 0.1) is 10.1 Å². The summed E-state index contributed by atoms with van der Waals surface area (Å²) in [5.74, 6) is -0.347. The highest BCUT2D eigenvalue weighted by Gasteiger charge is 2.19. The molecule has 124 valence electrons. The van der Waals surface area contributed by atoms with E-state index in [-0.39, 0.29) is 17.2 Å². The zero-order chi connectivity index (χ0) is 17.3. The smallest absolute Gasteiger partial charge is 0.270 e. The van der Waals surface area contributed by atoms with Gasteiger partial charge in [-0.25, -0.2) is 0 Å². The Morgan fingerprint density at radius 3 is 2.58 bits per heavy atom. The summed E-state index contributed by atoms with van der Waals surface area (Å²) in [6, 6.07) is 10.2. The maximum absolute atomic E-state index is 12.7. The Balaban J connectivity index is 1.91. The van der Waals surface area contributed by atoms with Gasteiger partial charge in [0, 0.05) is 37.6 Å². The van der Waals surface area contributed by atoms with Crippen LogP contribution < -0.4 is 10.2 Å². The molecule has 1 aliphatic rings. The van der Waals surface area contributed by atoms with Crippen LogP contribution in [0.3, 0.4) is 0 Å². The second kappa shape index (κ2) is 6.31. The number of carbonyl (C=O) groups is 1. The third-order valence-electron chi connectivity index (χ3n) is 4.27. The first-order valence-corrected chi connectivity index (χ1v) is 7.84. The summed E-state index contributed by atoms with van der Waals surface area (Å²) in [5, 5.41) is 13.9. The number of carbonyl (C=O) groups excluding carboxylic acids is 1. The largest absolute Gasteiger partial charge is 0.377 e. The molecule has 2 aromatic rings. The molecule has 1 aliphatic carbocycles. The van der Waals surface area contributed by atoms with Crippen molar-refractivity contribution in [2.45, 2.75) is 19.3 Å². The number of nitro benzene ring substituents is 1. The van der Waals surface area contributed by atoms with Gasteiger partial charge in [-0.15, -0.1) is 0 Å². The fourth-order valence-corrected chi connectivity index (χ4v) is 3.06. The first-order chi connectivity index (χ1) is 11.5. The van der Waals surface area contributed by atoms with Crippen molar-refractivity contribution in [3.63, 3.8) is 0 Å². The monoisotopic (exact) mass is 325 g/mol. The molecule has 2 aromatic carbocycles. The number of hydrogen-bond donors (Lipinski definition) is 1. The Labute approximate surface area is 140 Å². The summed E-state index contributed by atoms with van der Waals surface area (Å²) in [7, 11) is 3.60. The van der Waals surface area contributed by atoms with E-state index in [0.717, 1.165) is 24.9 Å². The van der Waals surface area contributed by atoms with Crippen molar-refractivity contribution in [2.75, 3.05) is 24.3 Å². The van der Waals surface area contributed by atoms with Crippen LogP contribution in [0.5, 0.6) is 0 Å². The van der Waals surface area contributed by atoms with Gasteiger partial charge >= 0.3 is 0 Å². The zero-order valence-electron chi connectivity index (χ0n) is 13.7. The molecule has 0 bridgehead atoms. The Morgan fingerprint density at radius 2 is 1.88 bits per heavy atom. The van der Waals surface area contributed by atoms with E-state index in [1.807, 2.05) is 18.2 Å². The van der Waals surface area contributed by atoms with E-state index in [2.05, 4.69) is 5.32 Å². The molecule has 0 saturated carbocycles. The lowest BCUT2D eigenvalue weighted by atomic mass is 10.1. The molecular weight excluding hydrogens is 306 g/mol. The van der Waals surface area contributed by atoms with Gasteiger partial charge < -0.3 is 10.2 Å². The highest BCUT2D eigenvalue weighted by Crippen LogP contribution is 2.27. The molecule has 0 heterocycles. The molecule has 0 aliphatic heterocycles. The summed E-state index contributed by atoms with van der Waals surface area (Å²) in [6.07, 6.45) is 3.25. The van der Waals surface area contributed by atoms with Crippen LogP contribution in [0.1, 0.15) is 27.9 Å². The van der Waals surface area contributed by atoms with Crippen LogP contribution in [0.15, 0.2) is 36.4 Å². The van der Waals surface area contributed by atoms with Crippen LogP contribution in [0.2, 0.25) is 0 Å². The van der Waals surface area contributed by atoms with Crippen LogP contribution in [-0.2, 0) is 12.8 Å². The minimum absolute atomic E-state index is 0.0975. The fourth-order valence-electron chi connectivity index (χ4n) is 3.06. The van der Waals surface area contributed by atoms with Crippen molar-refractivity contribution in [1.82, 2.24) is 0 Å². The number of benzene rings is 2. The minimum atomic E-state index is -0.494. The number of nitrogens with one attached hydrogen (secondary N) is 1. The van der Waals surface area contributed by atoms with E-state index in [9.17, 15) is 14.9 Å². The van der Waals surface area contributed by atoms with Gasteiger partial charge in [-0.05, 0) is 48.6 Å². The maximum atomic E-state index is 12.7. The van der Waals surface area contributed by atoms with Gasteiger partial charge in [0.15, 0.2) is 0 Å². The summed E-state index contributed by atoms with van der Waals surface area (Å²) in [6.45, 7) is 0. The Hall–Kier alpha value is -2.89. The molecule has 0 aromatic heterocycles. The standard InChI is InChI=1S/C18H19N3O3/c1-20(2)17-9-8-15(21(23)24)11-16(17)18(22)19-14-7-6-12-4-3-5-13(12)10-14/h6-11H,3-5H2,1-2H3,(H,19,22). The number of non-ortho nitro benzene ring substituents is 1. The number of hydrogen-bond acceptors (Lipinski definition) is 4. The van der Waals surface area contributed by atoms with Crippen molar-refractivity contribution >= 4 is 23.0 Å². The number of fused-ring (bicyclic) bond motifs is 1. The second-order valence-electron chi connectivity index (χ2n) is 6.14. The van der Waals surface area contributed by atoms with Crippen molar-refractivity contribution in [3.05, 3.63) is 63.2 Å². The third-order valence-corrected chi connectivity index (χ3v) is 4.27. The average Bonchev–Trinajstić information content (AvgIpc) is 3.01. The number of rotatable bonds is 4. The molecule has 0 saturated heterocycles. The predicted octanol–water partition coefficient (Wildman–Crippen LogP) is 3.40. The first-order valence-electron chi connectivity index (χ1n) is 7.84. The van der Waals surface area contributed by atoms with Crippen LogP contribution in [-0.4, -0.2) is 24.9 Å². The molecule has 0 spiro atoms. The number of anilines is 2. The topological polar surface area (TPSA) is 75.5 Å². The van der Waals surface area contributed by atoms with Gasteiger partial charge in [-0.1, -0.05) is 6.07 Å². The van der Waals surface area contributed by atoms with Gasteiger partial charge in [0.05, 0.1) is 10.5 Å². The van der Waals surface area contributed by atoms with E-state index in [4.69, 9.17) is 0 Å². The highest BCUT2D eigenvalue weighted by atomic mass is 16.6. The average molecular weight is 325 g/mol. The molecule has 0 unspecified atom stereocenters. The van der Waals surface area contributed by atoms with E-state index < -0.39 is 4.92 Å². The molecule has 6 nitrogen and oxygen atoms in total. The number of nitro groups is 1. The molecule has 1 amide bonds. The zero-order valence-corrected chi connectivity index (χ0v) is 13.7. The van der Waals surface area contributed by atoms with Crippen LogP contribution in [0.25, 0.3) is 0 Å². The van der Waals surface area contributed by atoms with Crippen LogP contribution in [0.4, 0.5) is 17.1 Å². The Bertz CT molecular complexity index is 815. The molecular formula is C18H19N3O3. The lowest BCUT2D eigenvalue weighted by Crippen LogP contribution is -2.19. The molecule has 1 N–H and O–H groups in total. The molecule has 6 heteroatoms. The van der Waals surface area contributed by atoms with Gasteiger partial charge in [-0.2, -0.15) is 0 Å². The third kappa shape index (κ3) is 3.08. The summed E-state index contributed by atoms with van der Waals surface area (Å²) in [5.41, 5.74) is 4.14. The van der Waals surface area contributed by atoms with Crippen molar-refractivity contribution in [2.24, 2.45) is 0 Å². The van der Waals surface area contributed by atoms with E-state index in [1.54, 1.807) is 25.1 Å². The summed E-state index contributed by atoms with van der Waals surface area (Å²) < 4.78 is 0. The maximum Gasteiger partial charge on any atom is 0.270 e. The molecule has 0 radical (unpaired) electrons. The predicted molar refractivity (Wildman–Crippen MR) is 93.8 cm³/mol. The Morgan fingerprint density at radius 1 is 1.12 bits per heavy atom. The number of amides is 1. The van der Waals surface area contributed by atoms with Gasteiger partial charge in [0.2, 0.25) is 0 Å². The molecule has 3 rings (SSSR count). The molecule has 0 atom stereocenters. The number of nitrogens with zero attached hydrogens (tertiary/aromatic N) is 2. The SMILES string of the molecule is CN(C)c1ccc([N+](=O)[O-])cc1C(=O)Nc1ccc2c(c1)CCC2. The lowest BCUT2D eigenvalue weighted by molar-refractivity contribution is -0.384. The Kier molecular flexibility index (Phi) is 4.20. The molecule has 0 fully saturated rings. The number of aryl methyl sites for hydroxylation is 2. The summed E-state index contributed by atoms with van der Waals surface area (Å²) in [4.78, 5) is 24.9. The fraction of sp³-hybridized carbons (Fsp3) is 0.278. The van der Waals surface area contributed by atoms with Crippen molar-refractivity contribution in [3.8, 4) is 0 Å².